The molecule has 0 spiro atoms. The lowest BCUT2D eigenvalue weighted by Gasteiger charge is -2.22. The zero-order valence-electron chi connectivity index (χ0n) is 19.1. The number of piperidine rings is 1. The van der Waals surface area contributed by atoms with E-state index < -0.39 is 0 Å². The lowest BCUT2D eigenvalue weighted by molar-refractivity contribution is 0.0235. The molecule has 1 saturated heterocycles. The first-order valence-corrected chi connectivity index (χ1v) is 12.1. The molecule has 0 amide bonds. The SMILES string of the molecule is Cc1cccc(-c2nccc(Nc3ccnc(Nc4ccc(C(=O)OC5CCNCC5)s4)n3)n2)n1. The molecule has 35 heavy (non-hydrogen) atoms. The Labute approximate surface area is 206 Å². The minimum Gasteiger partial charge on any atom is -0.458 e. The van der Waals surface area contributed by atoms with Crippen molar-refractivity contribution in [2.75, 3.05) is 23.7 Å². The van der Waals surface area contributed by atoms with Gasteiger partial charge in [-0.15, -0.1) is 11.3 Å². The molecule has 0 atom stereocenters. The molecular formula is C24H24N8O2S. The molecule has 10 nitrogen and oxygen atoms in total. The van der Waals surface area contributed by atoms with E-state index in [1.54, 1.807) is 30.6 Å². The Hall–Kier alpha value is -3.96. The van der Waals surface area contributed by atoms with Crippen molar-refractivity contribution in [2.24, 2.45) is 0 Å². The predicted molar refractivity (Wildman–Crippen MR) is 134 cm³/mol. The fraction of sp³-hybridized carbons (Fsp3) is 0.250. The summed E-state index contributed by atoms with van der Waals surface area (Å²) in [5.41, 5.74) is 1.60. The van der Waals surface area contributed by atoms with Crippen molar-refractivity contribution in [2.45, 2.75) is 25.9 Å². The number of thiophene rings is 1. The molecule has 178 valence electrons. The second-order valence-corrected chi connectivity index (χ2v) is 9.05. The van der Waals surface area contributed by atoms with Crippen LogP contribution in [0, 0.1) is 6.92 Å². The highest BCUT2D eigenvalue weighted by molar-refractivity contribution is 7.17. The van der Waals surface area contributed by atoms with E-state index in [9.17, 15) is 4.79 Å². The number of pyridine rings is 1. The molecule has 3 N–H and O–H groups in total. The Bertz CT molecular complexity index is 1320. The summed E-state index contributed by atoms with van der Waals surface area (Å²) in [6.45, 7) is 3.67. The molecule has 5 rings (SSSR count). The Morgan fingerprint density at radius 3 is 2.60 bits per heavy atom. The Morgan fingerprint density at radius 1 is 0.971 bits per heavy atom. The van der Waals surface area contributed by atoms with E-state index in [-0.39, 0.29) is 12.1 Å². The summed E-state index contributed by atoms with van der Waals surface area (Å²) >= 11 is 1.31. The monoisotopic (exact) mass is 488 g/mol. The molecule has 0 aromatic carbocycles. The molecule has 1 aliphatic rings. The number of carbonyl (C=O) groups is 1. The van der Waals surface area contributed by atoms with Crippen LogP contribution in [0.3, 0.4) is 0 Å². The number of rotatable bonds is 7. The minimum absolute atomic E-state index is 0.0302. The zero-order valence-corrected chi connectivity index (χ0v) is 19.9. The summed E-state index contributed by atoms with van der Waals surface area (Å²) in [5, 5.41) is 10.3. The minimum atomic E-state index is -0.297. The second-order valence-electron chi connectivity index (χ2n) is 7.96. The van der Waals surface area contributed by atoms with E-state index in [2.05, 4.69) is 40.9 Å². The lowest BCUT2D eigenvalue weighted by atomic mass is 10.1. The maximum absolute atomic E-state index is 12.5. The molecule has 4 aromatic rings. The van der Waals surface area contributed by atoms with Gasteiger partial charge in [-0.25, -0.2) is 24.7 Å². The number of nitrogens with zero attached hydrogens (tertiary/aromatic N) is 5. The fourth-order valence-electron chi connectivity index (χ4n) is 3.59. The maximum atomic E-state index is 12.5. The smallest absolute Gasteiger partial charge is 0.348 e. The van der Waals surface area contributed by atoms with Gasteiger partial charge >= 0.3 is 5.97 Å². The first kappa shape index (κ1) is 22.8. The van der Waals surface area contributed by atoms with Crippen LogP contribution in [0.25, 0.3) is 11.5 Å². The topological polar surface area (TPSA) is 127 Å². The van der Waals surface area contributed by atoms with Crippen molar-refractivity contribution in [3.05, 3.63) is 65.4 Å². The number of anilines is 4. The normalized spacial score (nSPS) is 13.9. The third-order valence-electron chi connectivity index (χ3n) is 5.29. The van der Waals surface area contributed by atoms with E-state index >= 15 is 0 Å². The molecule has 0 radical (unpaired) electrons. The molecule has 0 unspecified atom stereocenters. The summed E-state index contributed by atoms with van der Waals surface area (Å²) in [7, 11) is 0. The number of hydrogen-bond donors (Lipinski definition) is 3. The first-order chi connectivity index (χ1) is 17.1. The van der Waals surface area contributed by atoms with E-state index in [1.807, 2.05) is 31.2 Å². The largest absolute Gasteiger partial charge is 0.458 e. The van der Waals surface area contributed by atoms with Crippen LogP contribution in [0.4, 0.5) is 22.6 Å². The zero-order chi connectivity index (χ0) is 24.0. The van der Waals surface area contributed by atoms with Crippen LogP contribution in [0.2, 0.25) is 0 Å². The highest BCUT2D eigenvalue weighted by Gasteiger charge is 2.20. The number of nitrogens with one attached hydrogen (secondary N) is 3. The predicted octanol–water partition coefficient (Wildman–Crippen LogP) is 4.09. The van der Waals surface area contributed by atoms with Gasteiger partial charge in [0.15, 0.2) is 5.82 Å². The summed E-state index contributed by atoms with van der Waals surface area (Å²) in [6, 6.07) is 12.8. The quantitative estimate of drug-likeness (QED) is 0.327. The summed E-state index contributed by atoms with van der Waals surface area (Å²) in [6.07, 6.45) is 4.96. The van der Waals surface area contributed by atoms with Crippen molar-refractivity contribution in [3.8, 4) is 11.5 Å². The van der Waals surface area contributed by atoms with Crippen molar-refractivity contribution in [1.29, 1.82) is 0 Å². The number of aromatic nitrogens is 5. The first-order valence-electron chi connectivity index (χ1n) is 11.3. The highest BCUT2D eigenvalue weighted by Crippen LogP contribution is 2.26. The molecule has 11 heteroatoms. The Kier molecular flexibility index (Phi) is 6.87. The Morgan fingerprint density at radius 2 is 1.77 bits per heavy atom. The van der Waals surface area contributed by atoms with E-state index in [4.69, 9.17) is 4.74 Å². The van der Waals surface area contributed by atoms with Gasteiger partial charge in [-0.05, 0) is 69.3 Å². The van der Waals surface area contributed by atoms with Gasteiger partial charge in [-0.3, -0.25) is 0 Å². The van der Waals surface area contributed by atoms with Crippen LogP contribution in [0.1, 0.15) is 28.2 Å². The summed E-state index contributed by atoms with van der Waals surface area (Å²) < 4.78 is 5.62. The van der Waals surface area contributed by atoms with Gasteiger partial charge in [0.1, 0.15) is 28.3 Å². The molecule has 0 bridgehead atoms. The number of esters is 1. The molecule has 0 saturated carbocycles. The summed E-state index contributed by atoms with van der Waals surface area (Å²) in [4.78, 5) is 35.1. The molecule has 1 fully saturated rings. The number of ether oxygens (including phenoxy) is 1. The number of aryl methyl sites for hydroxylation is 1. The van der Waals surface area contributed by atoms with Crippen molar-refractivity contribution >= 4 is 39.9 Å². The van der Waals surface area contributed by atoms with Crippen LogP contribution in [0.5, 0.6) is 0 Å². The third kappa shape index (κ3) is 5.94. The van der Waals surface area contributed by atoms with Crippen molar-refractivity contribution in [1.82, 2.24) is 30.2 Å². The van der Waals surface area contributed by atoms with Gasteiger partial charge in [-0.2, -0.15) is 4.98 Å². The average Bonchev–Trinajstić information content (AvgIpc) is 3.34. The second kappa shape index (κ2) is 10.5. The van der Waals surface area contributed by atoms with Gasteiger partial charge in [0, 0.05) is 18.1 Å². The van der Waals surface area contributed by atoms with E-state index in [1.165, 1.54) is 11.3 Å². The van der Waals surface area contributed by atoms with Gasteiger partial charge < -0.3 is 20.7 Å². The fourth-order valence-corrected chi connectivity index (χ4v) is 4.37. The number of carbonyl (C=O) groups excluding carboxylic acids is 1. The van der Waals surface area contributed by atoms with Crippen molar-refractivity contribution in [3.63, 3.8) is 0 Å². The van der Waals surface area contributed by atoms with Crippen LogP contribution in [-0.4, -0.2) is 50.1 Å². The van der Waals surface area contributed by atoms with Gasteiger partial charge in [0.05, 0.1) is 5.00 Å². The van der Waals surface area contributed by atoms with E-state index in [0.29, 0.717) is 34.0 Å². The average molecular weight is 489 g/mol. The Balaban J connectivity index is 1.24. The van der Waals surface area contributed by atoms with Gasteiger partial charge in [-0.1, -0.05) is 6.07 Å². The van der Waals surface area contributed by atoms with Crippen molar-refractivity contribution < 1.29 is 9.53 Å². The maximum Gasteiger partial charge on any atom is 0.348 e. The summed E-state index contributed by atoms with van der Waals surface area (Å²) in [5.74, 6) is 1.76. The lowest BCUT2D eigenvalue weighted by Crippen LogP contribution is -2.33. The molecular weight excluding hydrogens is 464 g/mol. The molecule has 1 aliphatic heterocycles. The van der Waals surface area contributed by atoms with Crippen LogP contribution < -0.4 is 16.0 Å². The van der Waals surface area contributed by atoms with Gasteiger partial charge in [0.25, 0.3) is 0 Å². The van der Waals surface area contributed by atoms with E-state index in [0.717, 1.165) is 36.6 Å². The highest BCUT2D eigenvalue weighted by atomic mass is 32.1. The molecule has 4 aromatic heterocycles. The standard InChI is InChI=1S/C24H24N8O2S/c1-15-3-2-4-17(28-15)22-26-13-9-19(30-22)29-20-10-14-27-24(31-20)32-21-6-5-18(35-21)23(33)34-16-7-11-25-12-8-16/h2-6,9-10,13-14,16,25H,7-8,11-12H2,1H3,(H2,26,27,29,30,31,32). The van der Waals surface area contributed by atoms with Gasteiger partial charge in [0.2, 0.25) is 5.95 Å². The molecule has 0 aliphatic carbocycles. The third-order valence-corrected chi connectivity index (χ3v) is 6.27. The molecule has 5 heterocycles. The number of hydrogen-bond acceptors (Lipinski definition) is 11. The van der Waals surface area contributed by atoms with Crippen LogP contribution in [-0.2, 0) is 4.74 Å². The van der Waals surface area contributed by atoms with Crippen LogP contribution in [0.15, 0.2) is 54.9 Å². The van der Waals surface area contributed by atoms with Crippen LogP contribution >= 0.6 is 11.3 Å².